The van der Waals surface area contributed by atoms with Gasteiger partial charge in [0, 0.05) is 18.2 Å². The summed E-state index contributed by atoms with van der Waals surface area (Å²) in [6.45, 7) is 7.76. The van der Waals surface area contributed by atoms with Crippen molar-refractivity contribution in [3.63, 3.8) is 0 Å². The highest BCUT2D eigenvalue weighted by Crippen LogP contribution is 2.45. The number of hydrogen-bond acceptors (Lipinski definition) is 8. The van der Waals surface area contributed by atoms with Crippen LogP contribution < -0.4 is 19.1 Å². The van der Waals surface area contributed by atoms with Gasteiger partial charge in [0.05, 0.1) is 25.5 Å². The third-order valence-corrected chi connectivity index (χ3v) is 6.61. The summed E-state index contributed by atoms with van der Waals surface area (Å²) in [6, 6.07) is 11.2. The lowest BCUT2D eigenvalue weighted by atomic mass is 10.0. The highest BCUT2D eigenvalue weighted by Gasteiger charge is 2.36. The van der Waals surface area contributed by atoms with Gasteiger partial charge in [-0.15, -0.1) is 10.2 Å². The van der Waals surface area contributed by atoms with Gasteiger partial charge in [-0.3, -0.25) is 9.69 Å². The van der Waals surface area contributed by atoms with Crippen molar-refractivity contribution >= 4 is 23.4 Å². The Bertz CT molecular complexity index is 1220. The quantitative estimate of drug-likeness (QED) is 0.453. The van der Waals surface area contributed by atoms with Gasteiger partial charge in [0.15, 0.2) is 5.69 Å². The van der Waals surface area contributed by atoms with Gasteiger partial charge in [0.2, 0.25) is 23.2 Å². The van der Waals surface area contributed by atoms with Crippen molar-refractivity contribution in [3.05, 3.63) is 47.5 Å². The van der Waals surface area contributed by atoms with Crippen LogP contribution in [-0.4, -0.2) is 41.1 Å². The Labute approximate surface area is 203 Å². The molecule has 0 N–H and O–H groups in total. The molecule has 0 spiro atoms. The zero-order valence-corrected chi connectivity index (χ0v) is 21.0. The van der Waals surface area contributed by atoms with Crippen molar-refractivity contribution in [3.8, 4) is 28.6 Å². The second kappa shape index (κ2) is 9.89. The second-order valence-electron chi connectivity index (χ2n) is 8.44. The minimum atomic E-state index is -0.857. The number of thioether (sulfide) groups is 1. The van der Waals surface area contributed by atoms with Crippen LogP contribution in [0.2, 0.25) is 0 Å². The molecule has 2 aromatic carbocycles. The highest BCUT2D eigenvalue weighted by molar-refractivity contribution is 7.99. The van der Waals surface area contributed by atoms with Gasteiger partial charge in [-0.25, -0.2) is 0 Å². The molecule has 0 aliphatic carbocycles. The van der Waals surface area contributed by atoms with Crippen LogP contribution in [0, 0.1) is 12.8 Å². The number of aryl methyl sites for hydroxylation is 1. The normalized spacial score (nSPS) is 14.7. The van der Waals surface area contributed by atoms with Crippen LogP contribution in [0.5, 0.6) is 17.4 Å². The summed E-state index contributed by atoms with van der Waals surface area (Å²) in [5, 5.41) is 9.34. The van der Waals surface area contributed by atoms with E-state index in [-0.39, 0.29) is 5.91 Å². The van der Waals surface area contributed by atoms with E-state index in [0.717, 1.165) is 16.9 Å². The number of hydrogen-bond donors (Lipinski definition) is 0. The Hall–Kier alpha value is -3.33. The van der Waals surface area contributed by atoms with E-state index in [1.54, 1.807) is 37.3 Å². The molecule has 1 aromatic heterocycles. The van der Waals surface area contributed by atoms with E-state index in [9.17, 15) is 4.79 Å². The summed E-state index contributed by atoms with van der Waals surface area (Å²) in [5.74, 6) is 2.61. The first-order valence-corrected chi connectivity index (χ1v) is 12.0. The molecule has 1 amide bonds. The van der Waals surface area contributed by atoms with Crippen LogP contribution in [-0.2, 0) is 4.79 Å². The molecule has 178 valence electrons. The molecule has 0 bridgehead atoms. The Morgan fingerprint density at radius 3 is 2.62 bits per heavy atom. The Morgan fingerprint density at radius 1 is 1.15 bits per heavy atom. The van der Waals surface area contributed by atoms with E-state index >= 15 is 0 Å². The predicted molar refractivity (Wildman–Crippen MR) is 132 cm³/mol. The number of amides is 1. The van der Waals surface area contributed by atoms with Gasteiger partial charge in [-0.1, -0.05) is 37.2 Å². The van der Waals surface area contributed by atoms with Crippen LogP contribution in [0.25, 0.3) is 11.3 Å². The number of methoxy groups -OCH3 is 2. The summed E-state index contributed by atoms with van der Waals surface area (Å²) in [4.78, 5) is 19.3. The molecule has 0 fully saturated rings. The molecule has 1 atom stereocenters. The van der Waals surface area contributed by atoms with E-state index < -0.39 is 6.23 Å². The fraction of sp³-hybridized carbons (Fsp3) is 0.360. The molecule has 8 nitrogen and oxygen atoms in total. The van der Waals surface area contributed by atoms with Crippen molar-refractivity contribution in [2.45, 2.75) is 39.1 Å². The first-order chi connectivity index (χ1) is 16.3. The largest absolute Gasteiger partial charge is 0.497 e. The van der Waals surface area contributed by atoms with Crippen molar-refractivity contribution in [1.82, 2.24) is 15.2 Å². The maximum Gasteiger partial charge on any atom is 0.247 e. The molecule has 0 radical (unpaired) electrons. The number of nitrogens with zero attached hydrogens (tertiary/aromatic N) is 4. The number of ether oxygens (including phenoxy) is 3. The molecule has 9 heteroatoms. The van der Waals surface area contributed by atoms with Gasteiger partial charge in [-0.05, 0) is 43.2 Å². The lowest BCUT2D eigenvalue weighted by Crippen LogP contribution is -2.36. The average molecular weight is 481 g/mol. The molecule has 1 aliphatic rings. The third kappa shape index (κ3) is 4.65. The third-order valence-electron chi connectivity index (χ3n) is 5.35. The SMILES string of the molecule is COc1ccc(OC)c([C@H]2Oc3nc(SCC(C)C)nnc3-c3cc(C)ccc3N2C(C)=O)c1. The molecule has 34 heavy (non-hydrogen) atoms. The Kier molecular flexibility index (Phi) is 6.92. The number of carbonyl (C=O) groups is 1. The fourth-order valence-corrected chi connectivity index (χ4v) is 4.48. The average Bonchev–Trinajstić information content (AvgIpc) is 2.96. The second-order valence-corrected chi connectivity index (χ2v) is 9.43. The molecular weight excluding hydrogens is 452 g/mol. The molecule has 3 aromatic rings. The number of rotatable bonds is 6. The zero-order chi connectivity index (χ0) is 24.4. The highest BCUT2D eigenvalue weighted by atomic mass is 32.2. The van der Waals surface area contributed by atoms with E-state index in [1.807, 2.05) is 25.1 Å². The van der Waals surface area contributed by atoms with Crippen LogP contribution >= 0.6 is 11.8 Å². The van der Waals surface area contributed by atoms with Crippen molar-refractivity contribution < 1.29 is 19.0 Å². The zero-order valence-electron chi connectivity index (χ0n) is 20.2. The number of aromatic nitrogens is 3. The summed E-state index contributed by atoms with van der Waals surface area (Å²) in [7, 11) is 3.17. The fourth-order valence-electron chi connectivity index (χ4n) is 3.76. The van der Waals surface area contributed by atoms with Gasteiger partial charge in [0.25, 0.3) is 0 Å². The summed E-state index contributed by atoms with van der Waals surface area (Å²) in [5.41, 5.74) is 3.53. The van der Waals surface area contributed by atoms with Crippen LogP contribution in [0.15, 0.2) is 41.6 Å². The van der Waals surface area contributed by atoms with E-state index in [0.29, 0.717) is 45.4 Å². The van der Waals surface area contributed by atoms with Crippen LogP contribution in [0.4, 0.5) is 5.69 Å². The van der Waals surface area contributed by atoms with Gasteiger partial charge < -0.3 is 14.2 Å². The van der Waals surface area contributed by atoms with Crippen molar-refractivity contribution in [1.29, 1.82) is 0 Å². The predicted octanol–water partition coefficient (Wildman–Crippen LogP) is 5.06. The summed E-state index contributed by atoms with van der Waals surface area (Å²) in [6.07, 6.45) is -0.857. The first-order valence-electron chi connectivity index (χ1n) is 11.0. The molecule has 0 saturated carbocycles. The smallest absolute Gasteiger partial charge is 0.247 e. The molecule has 0 unspecified atom stereocenters. The molecule has 2 heterocycles. The number of benzene rings is 2. The number of anilines is 1. The minimum absolute atomic E-state index is 0.199. The maximum absolute atomic E-state index is 13.0. The molecular formula is C25H28N4O4S. The van der Waals surface area contributed by atoms with Gasteiger partial charge in [-0.2, -0.15) is 4.98 Å². The lowest BCUT2D eigenvalue weighted by molar-refractivity contribution is -0.118. The summed E-state index contributed by atoms with van der Waals surface area (Å²) >= 11 is 1.52. The Morgan fingerprint density at radius 2 is 1.94 bits per heavy atom. The molecule has 0 saturated heterocycles. The topological polar surface area (TPSA) is 86.7 Å². The number of carbonyl (C=O) groups excluding carboxylic acids is 1. The van der Waals surface area contributed by atoms with E-state index in [2.05, 4.69) is 24.0 Å². The standard InChI is InChI=1S/C25H28N4O4S/c1-14(2)13-34-25-26-23-22(27-28-25)18-11-15(3)7-9-20(18)29(16(4)30)24(33-23)19-12-17(31-5)8-10-21(19)32-6/h7-12,14,24H,13H2,1-6H3/t24-/m1/s1. The molecule has 4 rings (SSSR count). The maximum atomic E-state index is 13.0. The Balaban J connectivity index is 1.94. The lowest BCUT2D eigenvalue weighted by Gasteiger charge is -2.31. The van der Waals surface area contributed by atoms with Gasteiger partial charge >= 0.3 is 0 Å². The van der Waals surface area contributed by atoms with E-state index in [1.165, 1.54) is 18.7 Å². The molecule has 1 aliphatic heterocycles. The number of fused-ring (bicyclic) bond motifs is 3. The van der Waals surface area contributed by atoms with E-state index in [4.69, 9.17) is 19.2 Å². The van der Waals surface area contributed by atoms with Gasteiger partial charge in [0.1, 0.15) is 11.5 Å². The summed E-state index contributed by atoms with van der Waals surface area (Å²) < 4.78 is 17.5. The van der Waals surface area contributed by atoms with Crippen LogP contribution in [0.3, 0.4) is 0 Å². The van der Waals surface area contributed by atoms with Crippen molar-refractivity contribution in [2.24, 2.45) is 5.92 Å². The first kappa shape index (κ1) is 23.8. The minimum Gasteiger partial charge on any atom is -0.497 e. The van der Waals surface area contributed by atoms with Crippen LogP contribution in [0.1, 0.15) is 38.1 Å². The van der Waals surface area contributed by atoms with Crippen molar-refractivity contribution in [2.75, 3.05) is 24.9 Å². The monoisotopic (exact) mass is 480 g/mol.